The van der Waals surface area contributed by atoms with E-state index in [-0.39, 0.29) is 24.7 Å². The zero-order valence-electron chi connectivity index (χ0n) is 16.8. The van der Waals surface area contributed by atoms with Gasteiger partial charge in [0.25, 0.3) is 5.91 Å². The molecule has 3 rings (SSSR count). The smallest absolute Gasteiger partial charge is 0.263 e. The molecule has 1 unspecified atom stereocenters. The highest BCUT2D eigenvalue weighted by atomic mass is 32.2. The predicted molar refractivity (Wildman–Crippen MR) is 112 cm³/mol. The Labute approximate surface area is 171 Å². The number of carbonyl (C=O) groups is 1. The van der Waals surface area contributed by atoms with Gasteiger partial charge < -0.3 is 14.8 Å². The summed E-state index contributed by atoms with van der Waals surface area (Å²) < 4.78 is 37.7. The first-order valence-electron chi connectivity index (χ1n) is 9.55. The lowest BCUT2D eigenvalue weighted by atomic mass is 10.1. The lowest BCUT2D eigenvalue weighted by molar-refractivity contribution is -0.127. The van der Waals surface area contributed by atoms with Gasteiger partial charge in [-0.1, -0.05) is 29.8 Å². The molecule has 1 aliphatic rings. The van der Waals surface area contributed by atoms with E-state index >= 15 is 0 Å². The van der Waals surface area contributed by atoms with Crippen LogP contribution < -0.4 is 19.1 Å². The summed E-state index contributed by atoms with van der Waals surface area (Å²) in [4.78, 5) is 12.6. The zero-order chi connectivity index (χ0) is 21.0. The van der Waals surface area contributed by atoms with E-state index in [1.807, 2.05) is 32.0 Å². The number of hydrogen-bond acceptors (Lipinski definition) is 5. The molecule has 7 nitrogen and oxygen atoms in total. The third kappa shape index (κ3) is 4.82. The SMILES string of the molecule is CCS(=O)(=O)N1CC(C(=O)NCCOc2ccc(C)cc2C)Oc2ccccc21. The first kappa shape index (κ1) is 21.0. The van der Waals surface area contributed by atoms with Gasteiger partial charge in [-0.2, -0.15) is 0 Å². The van der Waals surface area contributed by atoms with Crippen LogP contribution >= 0.6 is 0 Å². The molecule has 0 saturated carbocycles. The number of rotatable bonds is 7. The number of nitrogens with zero attached hydrogens (tertiary/aromatic N) is 1. The summed E-state index contributed by atoms with van der Waals surface area (Å²) in [5.74, 6) is 0.717. The fraction of sp³-hybridized carbons (Fsp3) is 0.381. The number of ether oxygens (including phenoxy) is 2. The predicted octanol–water partition coefficient (Wildman–Crippen LogP) is 2.42. The van der Waals surface area contributed by atoms with Crippen LogP contribution in [0.2, 0.25) is 0 Å². The van der Waals surface area contributed by atoms with Crippen LogP contribution in [0.15, 0.2) is 42.5 Å². The lowest BCUT2D eigenvalue weighted by Crippen LogP contribution is -2.51. The number of para-hydroxylation sites is 2. The molecule has 1 aliphatic heterocycles. The molecule has 2 aromatic carbocycles. The highest BCUT2D eigenvalue weighted by molar-refractivity contribution is 7.92. The van der Waals surface area contributed by atoms with Crippen LogP contribution in [-0.4, -0.2) is 45.9 Å². The summed E-state index contributed by atoms with van der Waals surface area (Å²) in [5, 5.41) is 2.76. The van der Waals surface area contributed by atoms with Crippen molar-refractivity contribution < 1.29 is 22.7 Å². The molecule has 0 saturated heterocycles. The Balaban J connectivity index is 1.61. The highest BCUT2D eigenvalue weighted by Gasteiger charge is 2.35. The number of nitrogens with one attached hydrogen (secondary N) is 1. The van der Waals surface area contributed by atoms with Crippen molar-refractivity contribution >= 4 is 21.6 Å². The molecule has 29 heavy (non-hydrogen) atoms. The van der Waals surface area contributed by atoms with E-state index < -0.39 is 16.1 Å². The topological polar surface area (TPSA) is 84.9 Å². The average Bonchev–Trinajstić information content (AvgIpc) is 2.71. The second-order valence-corrected chi connectivity index (χ2v) is 9.10. The third-order valence-corrected chi connectivity index (χ3v) is 6.46. The first-order valence-corrected chi connectivity index (χ1v) is 11.2. The molecule has 0 aromatic heterocycles. The summed E-state index contributed by atoms with van der Waals surface area (Å²) in [6.45, 7) is 6.09. The Hall–Kier alpha value is -2.74. The first-order chi connectivity index (χ1) is 13.8. The van der Waals surface area contributed by atoms with E-state index in [4.69, 9.17) is 9.47 Å². The Morgan fingerprint density at radius 2 is 2.00 bits per heavy atom. The number of amides is 1. The minimum atomic E-state index is -3.52. The number of anilines is 1. The zero-order valence-corrected chi connectivity index (χ0v) is 17.7. The molecule has 1 atom stereocenters. The molecule has 1 amide bonds. The standard InChI is InChI=1S/C21H26N2O5S/c1-4-29(25,26)23-14-20(28-19-8-6-5-7-17(19)23)21(24)22-11-12-27-18-10-9-15(2)13-16(18)3/h5-10,13,20H,4,11-12,14H2,1-3H3,(H,22,24). The molecule has 2 aromatic rings. The molecule has 156 valence electrons. The van der Waals surface area contributed by atoms with E-state index in [2.05, 4.69) is 5.32 Å². The van der Waals surface area contributed by atoms with Crippen molar-refractivity contribution in [3.63, 3.8) is 0 Å². The molecule has 0 radical (unpaired) electrons. The summed E-state index contributed by atoms with van der Waals surface area (Å²) >= 11 is 0. The second kappa shape index (κ2) is 8.73. The van der Waals surface area contributed by atoms with Crippen molar-refractivity contribution in [1.82, 2.24) is 5.32 Å². The molecule has 1 N–H and O–H groups in total. The number of sulfonamides is 1. The van der Waals surface area contributed by atoms with Crippen molar-refractivity contribution in [3.05, 3.63) is 53.6 Å². The quantitative estimate of drug-likeness (QED) is 0.698. The maximum Gasteiger partial charge on any atom is 0.263 e. The number of fused-ring (bicyclic) bond motifs is 1. The van der Waals surface area contributed by atoms with Gasteiger partial charge in [-0.25, -0.2) is 8.42 Å². The molecular weight excluding hydrogens is 392 g/mol. The van der Waals surface area contributed by atoms with Crippen LogP contribution in [0.5, 0.6) is 11.5 Å². The van der Waals surface area contributed by atoms with Crippen LogP contribution in [0.3, 0.4) is 0 Å². The van der Waals surface area contributed by atoms with E-state index in [0.717, 1.165) is 16.9 Å². The average molecular weight is 419 g/mol. The van der Waals surface area contributed by atoms with E-state index in [0.29, 0.717) is 18.0 Å². The summed E-state index contributed by atoms with van der Waals surface area (Å²) in [6.07, 6.45) is -0.924. The number of carbonyl (C=O) groups excluding carboxylic acids is 1. The van der Waals surface area contributed by atoms with Crippen molar-refractivity contribution in [2.75, 3.05) is 29.8 Å². The summed E-state index contributed by atoms with van der Waals surface area (Å²) in [7, 11) is -3.52. The molecule has 1 heterocycles. The molecule has 0 aliphatic carbocycles. The van der Waals surface area contributed by atoms with Crippen molar-refractivity contribution in [2.24, 2.45) is 0 Å². The van der Waals surface area contributed by atoms with Crippen LogP contribution in [0.1, 0.15) is 18.1 Å². The fourth-order valence-electron chi connectivity index (χ4n) is 3.17. The van der Waals surface area contributed by atoms with Crippen LogP contribution in [0.25, 0.3) is 0 Å². The van der Waals surface area contributed by atoms with Gasteiger partial charge in [0.05, 0.1) is 24.5 Å². The Morgan fingerprint density at radius 3 is 2.72 bits per heavy atom. The van der Waals surface area contributed by atoms with Crippen molar-refractivity contribution in [1.29, 1.82) is 0 Å². The van der Waals surface area contributed by atoms with Crippen LogP contribution in [-0.2, 0) is 14.8 Å². The highest BCUT2D eigenvalue weighted by Crippen LogP contribution is 2.35. The number of hydrogen-bond donors (Lipinski definition) is 1. The summed E-state index contributed by atoms with van der Waals surface area (Å²) in [5.41, 5.74) is 2.64. The maximum absolute atomic E-state index is 12.6. The van der Waals surface area contributed by atoms with Gasteiger partial charge in [-0.05, 0) is 44.5 Å². The van der Waals surface area contributed by atoms with Crippen molar-refractivity contribution in [3.8, 4) is 11.5 Å². The molecule has 0 bridgehead atoms. The normalized spacial score (nSPS) is 16.0. The van der Waals surface area contributed by atoms with Gasteiger partial charge in [0.15, 0.2) is 6.10 Å². The van der Waals surface area contributed by atoms with Gasteiger partial charge in [-0.3, -0.25) is 9.10 Å². The molecular formula is C21H26N2O5S. The molecule has 0 fully saturated rings. The van der Waals surface area contributed by atoms with E-state index in [1.54, 1.807) is 31.2 Å². The van der Waals surface area contributed by atoms with Gasteiger partial charge >= 0.3 is 0 Å². The minimum absolute atomic E-state index is 0.0561. The van der Waals surface area contributed by atoms with Crippen LogP contribution in [0.4, 0.5) is 5.69 Å². The third-order valence-electron chi connectivity index (χ3n) is 4.72. The molecule has 8 heteroatoms. The van der Waals surface area contributed by atoms with Gasteiger partial charge in [0.1, 0.15) is 18.1 Å². The lowest BCUT2D eigenvalue weighted by Gasteiger charge is -2.34. The van der Waals surface area contributed by atoms with E-state index in [1.165, 1.54) is 4.31 Å². The van der Waals surface area contributed by atoms with Crippen LogP contribution in [0, 0.1) is 13.8 Å². The monoisotopic (exact) mass is 418 g/mol. The second-order valence-electron chi connectivity index (χ2n) is 6.91. The Morgan fingerprint density at radius 1 is 1.24 bits per heavy atom. The van der Waals surface area contributed by atoms with Gasteiger partial charge in [0.2, 0.25) is 10.0 Å². The maximum atomic E-state index is 12.6. The van der Waals surface area contributed by atoms with E-state index in [9.17, 15) is 13.2 Å². The van der Waals surface area contributed by atoms with Gasteiger partial charge in [-0.15, -0.1) is 0 Å². The Kier molecular flexibility index (Phi) is 6.32. The Bertz CT molecular complexity index is 990. The summed E-state index contributed by atoms with van der Waals surface area (Å²) in [6, 6.07) is 12.7. The minimum Gasteiger partial charge on any atom is -0.491 e. The number of benzene rings is 2. The van der Waals surface area contributed by atoms with Crippen molar-refractivity contribution in [2.45, 2.75) is 26.9 Å². The fourth-order valence-corrected chi connectivity index (χ4v) is 4.29. The van der Waals surface area contributed by atoms with Gasteiger partial charge in [0, 0.05) is 0 Å². The molecule has 0 spiro atoms. The number of aryl methyl sites for hydroxylation is 2. The largest absolute Gasteiger partial charge is 0.491 e.